The number of likely N-dealkylation sites (tertiary alicyclic amines) is 1. The summed E-state index contributed by atoms with van der Waals surface area (Å²) in [6, 6.07) is 17.2. The Kier molecular flexibility index (Phi) is 7.42. The minimum atomic E-state index is -0.445. The van der Waals surface area contributed by atoms with E-state index in [-0.39, 0.29) is 17.4 Å². The maximum atomic E-state index is 13.6. The lowest BCUT2D eigenvalue weighted by Crippen LogP contribution is -2.35. The number of benzene rings is 2. The third kappa shape index (κ3) is 5.10. The summed E-state index contributed by atoms with van der Waals surface area (Å²) in [6.45, 7) is 3.23. The van der Waals surface area contributed by atoms with Crippen molar-refractivity contribution < 1.29 is 9.59 Å². The van der Waals surface area contributed by atoms with Crippen LogP contribution < -0.4 is 4.90 Å². The van der Waals surface area contributed by atoms with E-state index in [4.69, 9.17) is 11.6 Å². The Balaban J connectivity index is 1.71. The molecule has 0 N–H and O–H groups in total. The Morgan fingerprint density at radius 2 is 1.82 bits per heavy atom. The monoisotopic (exact) mass is 479 g/mol. The van der Waals surface area contributed by atoms with Gasteiger partial charge in [-0.25, -0.2) is 0 Å². The van der Waals surface area contributed by atoms with Gasteiger partial charge < -0.3 is 4.90 Å². The predicted molar refractivity (Wildman–Crippen MR) is 133 cm³/mol. The number of rotatable bonds is 4. The quantitative estimate of drug-likeness (QED) is 0.430. The molecule has 2 heterocycles. The van der Waals surface area contributed by atoms with Gasteiger partial charge in [-0.1, -0.05) is 66.5 Å². The average Bonchev–Trinajstić information content (AvgIpc) is 2.98. The molecule has 2 aromatic rings. The minimum Gasteiger partial charge on any atom is -0.338 e. The summed E-state index contributed by atoms with van der Waals surface area (Å²) in [5, 5.41) is 10.7. The Morgan fingerprint density at radius 1 is 1.12 bits per heavy atom. The van der Waals surface area contributed by atoms with Crippen molar-refractivity contribution in [3.63, 3.8) is 0 Å². The molecule has 0 bridgehead atoms. The summed E-state index contributed by atoms with van der Waals surface area (Å²) in [5.74, 6) is -0.413. The van der Waals surface area contributed by atoms with E-state index in [1.54, 1.807) is 9.80 Å². The Morgan fingerprint density at radius 3 is 2.45 bits per heavy atom. The molecule has 170 valence electrons. The van der Waals surface area contributed by atoms with E-state index in [2.05, 4.69) is 6.07 Å². The molecule has 2 saturated heterocycles. The zero-order chi connectivity index (χ0) is 23.4. The molecule has 2 aliphatic rings. The number of hydrogen-bond acceptors (Lipinski definition) is 4. The Bertz CT molecular complexity index is 1120. The second-order valence-corrected chi connectivity index (χ2v) is 10.0. The van der Waals surface area contributed by atoms with Gasteiger partial charge >= 0.3 is 0 Å². The van der Waals surface area contributed by atoms with Crippen molar-refractivity contribution in [1.82, 2.24) is 4.90 Å². The third-order valence-electron chi connectivity index (χ3n) is 6.06. The molecule has 0 radical (unpaired) electrons. The molecule has 5 nitrogen and oxygen atoms in total. The van der Waals surface area contributed by atoms with Crippen molar-refractivity contribution in [2.75, 3.05) is 18.0 Å². The molecule has 0 unspecified atom stereocenters. The third-order valence-corrected chi connectivity index (χ3v) is 7.73. The predicted octanol–water partition coefficient (Wildman–Crippen LogP) is 5.48. The maximum Gasteiger partial charge on any atom is 0.267 e. The van der Waals surface area contributed by atoms with Gasteiger partial charge in [0.15, 0.2) is 0 Å². The lowest BCUT2D eigenvalue weighted by Gasteiger charge is -2.23. The normalized spacial score (nSPS) is 20.4. The molecule has 0 aliphatic carbocycles. The molecule has 0 saturated carbocycles. The van der Waals surface area contributed by atoms with Crippen molar-refractivity contribution in [3.8, 4) is 6.07 Å². The van der Waals surface area contributed by atoms with Crippen molar-refractivity contribution in [3.05, 3.63) is 75.3 Å². The number of hydrogen-bond donors (Lipinski definition) is 0. The van der Waals surface area contributed by atoms with Gasteiger partial charge in [-0.15, -0.1) is 0 Å². The number of para-hydroxylation sites is 1. The molecular formula is C26H26ClN3O2S. The van der Waals surface area contributed by atoms with Crippen molar-refractivity contribution >= 4 is 40.9 Å². The van der Waals surface area contributed by atoms with Gasteiger partial charge in [0.1, 0.15) is 16.7 Å². The highest BCUT2D eigenvalue weighted by Gasteiger charge is 2.41. The summed E-state index contributed by atoms with van der Waals surface area (Å²) in [6.07, 6.45) is 4.52. The van der Waals surface area contributed by atoms with Crippen LogP contribution in [0.25, 0.3) is 0 Å². The first-order valence-electron chi connectivity index (χ1n) is 11.2. The summed E-state index contributed by atoms with van der Waals surface area (Å²) in [4.78, 5) is 30.2. The van der Waals surface area contributed by atoms with Crippen molar-refractivity contribution in [2.24, 2.45) is 0 Å². The highest BCUT2D eigenvalue weighted by Crippen LogP contribution is 2.42. The number of nitriles is 1. The van der Waals surface area contributed by atoms with Crippen LogP contribution in [0.1, 0.15) is 36.8 Å². The van der Waals surface area contributed by atoms with Gasteiger partial charge in [-0.3, -0.25) is 14.5 Å². The van der Waals surface area contributed by atoms with Crippen LogP contribution in [0, 0.1) is 18.3 Å². The van der Waals surface area contributed by atoms with Crippen LogP contribution in [0.4, 0.5) is 5.69 Å². The van der Waals surface area contributed by atoms with Gasteiger partial charge in [0.2, 0.25) is 5.91 Å². The lowest BCUT2D eigenvalue weighted by atomic mass is 10.1. The molecule has 7 heteroatoms. The number of halogens is 1. The highest BCUT2D eigenvalue weighted by atomic mass is 35.5. The first-order valence-corrected chi connectivity index (χ1v) is 12.5. The molecule has 1 atom stereocenters. The average molecular weight is 480 g/mol. The number of nitrogens with zero attached hydrogens (tertiary/aromatic N) is 3. The largest absolute Gasteiger partial charge is 0.338 e. The molecule has 4 rings (SSSR count). The van der Waals surface area contributed by atoms with Gasteiger partial charge in [-0.2, -0.15) is 5.26 Å². The van der Waals surface area contributed by atoms with E-state index in [0.717, 1.165) is 36.8 Å². The molecule has 2 aliphatic heterocycles. The number of anilines is 1. The zero-order valence-electron chi connectivity index (χ0n) is 18.6. The van der Waals surface area contributed by atoms with Crippen molar-refractivity contribution in [2.45, 2.75) is 44.3 Å². The molecule has 0 aromatic heterocycles. The highest BCUT2D eigenvalue weighted by molar-refractivity contribution is 8.05. The SMILES string of the molecule is Cc1ccc(C[C@@H]2S/C(=C(\C#N)C(=O)N3CCCCCC3)N(c3ccccc3)C2=O)cc1Cl. The standard InChI is InChI=1S/C26H26ClN3O2S/c1-18-11-12-19(15-22(18)27)16-23-25(32)30(20-9-5-4-6-10-20)26(33-23)21(17-28)24(31)29-13-7-2-3-8-14-29/h4-6,9-12,15,23H,2-3,7-8,13-14,16H2,1H3/b26-21+/t23-/m0/s1. The minimum absolute atomic E-state index is 0.0449. The summed E-state index contributed by atoms with van der Waals surface area (Å²) in [5.41, 5.74) is 2.63. The first-order chi connectivity index (χ1) is 16.0. The van der Waals surface area contributed by atoms with Crippen LogP contribution in [-0.4, -0.2) is 35.1 Å². The van der Waals surface area contributed by atoms with Crippen LogP contribution >= 0.6 is 23.4 Å². The van der Waals surface area contributed by atoms with E-state index < -0.39 is 5.25 Å². The maximum absolute atomic E-state index is 13.6. The van der Waals surface area contributed by atoms with Gasteiger partial charge in [0, 0.05) is 23.8 Å². The zero-order valence-corrected chi connectivity index (χ0v) is 20.2. The first kappa shape index (κ1) is 23.4. The van der Waals surface area contributed by atoms with Crippen LogP contribution in [0.3, 0.4) is 0 Å². The van der Waals surface area contributed by atoms with Gasteiger partial charge in [0.05, 0.1) is 5.25 Å². The van der Waals surface area contributed by atoms with E-state index in [1.807, 2.05) is 55.5 Å². The van der Waals surface area contributed by atoms with Crippen LogP contribution in [0.5, 0.6) is 0 Å². The topological polar surface area (TPSA) is 64.4 Å². The van der Waals surface area contributed by atoms with Gasteiger partial charge in [0.25, 0.3) is 5.91 Å². The second kappa shape index (κ2) is 10.5. The van der Waals surface area contributed by atoms with E-state index in [1.165, 1.54) is 11.8 Å². The number of amides is 2. The van der Waals surface area contributed by atoms with E-state index >= 15 is 0 Å². The van der Waals surface area contributed by atoms with Crippen molar-refractivity contribution in [1.29, 1.82) is 5.26 Å². The lowest BCUT2D eigenvalue weighted by molar-refractivity contribution is -0.126. The fourth-order valence-corrected chi connectivity index (χ4v) is 5.71. The van der Waals surface area contributed by atoms with Gasteiger partial charge in [-0.05, 0) is 55.5 Å². The van der Waals surface area contributed by atoms with E-state index in [0.29, 0.717) is 35.2 Å². The smallest absolute Gasteiger partial charge is 0.267 e. The van der Waals surface area contributed by atoms with Crippen LogP contribution in [0.15, 0.2) is 59.1 Å². The molecule has 2 fully saturated rings. The number of carbonyl (C=O) groups excluding carboxylic acids is 2. The number of carbonyl (C=O) groups is 2. The molecule has 0 spiro atoms. The number of thioether (sulfide) groups is 1. The van der Waals surface area contributed by atoms with E-state index in [9.17, 15) is 14.9 Å². The molecule has 2 aromatic carbocycles. The molecular weight excluding hydrogens is 454 g/mol. The number of aryl methyl sites for hydroxylation is 1. The summed E-state index contributed by atoms with van der Waals surface area (Å²) in [7, 11) is 0. The molecule has 33 heavy (non-hydrogen) atoms. The molecule has 2 amide bonds. The fourth-order valence-electron chi connectivity index (χ4n) is 4.20. The fraction of sp³-hybridized carbons (Fsp3) is 0.346. The Labute approximate surface area is 204 Å². The Hall–Kier alpha value is -2.75. The van der Waals surface area contributed by atoms with Crippen LogP contribution in [-0.2, 0) is 16.0 Å². The van der Waals surface area contributed by atoms with Crippen LogP contribution in [0.2, 0.25) is 5.02 Å². The second-order valence-electron chi connectivity index (χ2n) is 8.40. The summed E-state index contributed by atoms with van der Waals surface area (Å²) >= 11 is 7.60. The summed E-state index contributed by atoms with van der Waals surface area (Å²) < 4.78 is 0.